The maximum absolute atomic E-state index is 2.72. The zero-order valence-electron chi connectivity index (χ0n) is 17.0. The molecule has 0 aromatic carbocycles. The van der Waals surface area contributed by atoms with Crippen LogP contribution in [0.3, 0.4) is 0 Å². The molecule has 0 aromatic rings. The first-order chi connectivity index (χ1) is 11.4. The number of likely N-dealkylation sites (tertiary alicyclic amines) is 1. The molecule has 0 aromatic heterocycles. The van der Waals surface area contributed by atoms with E-state index in [-0.39, 0.29) is 0 Å². The minimum atomic E-state index is 0.713. The van der Waals surface area contributed by atoms with E-state index in [4.69, 9.17) is 0 Å². The van der Waals surface area contributed by atoms with Crippen molar-refractivity contribution in [3.8, 4) is 0 Å². The highest BCUT2D eigenvalue weighted by molar-refractivity contribution is 4.80. The van der Waals surface area contributed by atoms with E-state index in [0.29, 0.717) is 6.04 Å². The van der Waals surface area contributed by atoms with Crippen molar-refractivity contribution in [1.82, 2.24) is 19.6 Å². The zero-order chi connectivity index (χ0) is 17.5. The van der Waals surface area contributed by atoms with E-state index in [9.17, 15) is 0 Å². The quantitative estimate of drug-likeness (QED) is 0.673. The topological polar surface area (TPSA) is 13.0 Å². The average molecular weight is 339 g/mol. The van der Waals surface area contributed by atoms with Crippen LogP contribution in [0.1, 0.15) is 40.0 Å². The van der Waals surface area contributed by atoms with Crippen LogP contribution >= 0.6 is 0 Å². The molecule has 24 heavy (non-hydrogen) atoms. The van der Waals surface area contributed by atoms with Crippen LogP contribution in [0, 0.1) is 11.8 Å². The van der Waals surface area contributed by atoms with Gasteiger partial charge in [0, 0.05) is 45.3 Å². The van der Waals surface area contributed by atoms with Crippen LogP contribution in [0.4, 0.5) is 0 Å². The second-order valence-corrected chi connectivity index (χ2v) is 8.87. The summed E-state index contributed by atoms with van der Waals surface area (Å²) in [6.07, 6.45) is 4.14. The maximum Gasteiger partial charge on any atom is 0.0113 e. The number of nitrogens with zero attached hydrogens (tertiary/aromatic N) is 4. The number of hydrogen-bond acceptors (Lipinski definition) is 4. The number of rotatable bonds is 8. The Bertz CT molecular complexity index is 329. The summed E-state index contributed by atoms with van der Waals surface area (Å²) < 4.78 is 0. The standard InChI is InChI=1S/C20H42N4/c1-18(2)24-14-12-23(13-15-24)17-20-7-10-22(11-8-20)16-19(3)6-9-21(4)5/h18-20H,6-17H2,1-5H3. The van der Waals surface area contributed by atoms with Crippen molar-refractivity contribution in [1.29, 1.82) is 0 Å². The van der Waals surface area contributed by atoms with Gasteiger partial charge in [-0.05, 0) is 78.7 Å². The van der Waals surface area contributed by atoms with E-state index < -0.39 is 0 Å². The van der Waals surface area contributed by atoms with Gasteiger partial charge in [-0.1, -0.05) is 6.92 Å². The molecule has 2 aliphatic rings. The Kier molecular flexibility index (Phi) is 8.48. The molecular formula is C20H42N4. The van der Waals surface area contributed by atoms with Gasteiger partial charge in [-0.15, -0.1) is 0 Å². The lowest BCUT2D eigenvalue weighted by atomic mass is 9.94. The molecule has 0 aliphatic carbocycles. The van der Waals surface area contributed by atoms with E-state index in [0.717, 1.165) is 11.8 Å². The van der Waals surface area contributed by atoms with Crippen LogP contribution in [0.15, 0.2) is 0 Å². The number of hydrogen-bond donors (Lipinski definition) is 0. The van der Waals surface area contributed by atoms with Gasteiger partial charge in [-0.3, -0.25) is 4.90 Å². The van der Waals surface area contributed by atoms with Crippen LogP contribution in [-0.4, -0.2) is 98.6 Å². The van der Waals surface area contributed by atoms with Crippen LogP contribution < -0.4 is 0 Å². The molecule has 4 nitrogen and oxygen atoms in total. The van der Waals surface area contributed by atoms with Crippen LogP contribution in [0.2, 0.25) is 0 Å². The van der Waals surface area contributed by atoms with Crippen molar-refractivity contribution in [3.05, 3.63) is 0 Å². The smallest absolute Gasteiger partial charge is 0.0113 e. The number of piperazine rings is 1. The van der Waals surface area contributed by atoms with E-state index in [1.54, 1.807) is 0 Å². The van der Waals surface area contributed by atoms with Crippen molar-refractivity contribution in [2.24, 2.45) is 11.8 Å². The molecule has 0 amide bonds. The van der Waals surface area contributed by atoms with Crippen LogP contribution in [-0.2, 0) is 0 Å². The summed E-state index contributed by atoms with van der Waals surface area (Å²) in [5, 5.41) is 0. The molecular weight excluding hydrogens is 296 g/mol. The van der Waals surface area contributed by atoms with Gasteiger partial charge in [0.25, 0.3) is 0 Å². The van der Waals surface area contributed by atoms with Gasteiger partial charge in [-0.25, -0.2) is 0 Å². The van der Waals surface area contributed by atoms with Gasteiger partial charge in [0.05, 0.1) is 0 Å². The lowest BCUT2D eigenvalue weighted by molar-refractivity contribution is 0.0783. The molecule has 4 heteroatoms. The van der Waals surface area contributed by atoms with Crippen molar-refractivity contribution in [2.75, 3.05) is 73.0 Å². The van der Waals surface area contributed by atoms with E-state index in [1.807, 2.05) is 0 Å². The average Bonchev–Trinajstić information content (AvgIpc) is 2.55. The third-order valence-corrected chi connectivity index (χ3v) is 6.00. The highest BCUT2D eigenvalue weighted by Gasteiger charge is 2.25. The molecule has 142 valence electrons. The molecule has 0 saturated carbocycles. The van der Waals surface area contributed by atoms with E-state index in [1.165, 1.54) is 78.2 Å². The Labute approximate surface area is 151 Å². The van der Waals surface area contributed by atoms with Crippen molar-refractivity contribution >= 4 is 0 Å². The predicted octanol–water partition coefficient (Wildman–Crippen LogP) is 2.31. The maximum atomic E-state index is 2.72. The monoisotopic (exact) mass is 338 g/mol. The molecule has 1 unspecified atom stereocenters. The Balaban J connectivity index is 1.59. The zero-order valence-corrected chi connectivity index (χ0v) is 17.0. The molecule has 1 atom stereocenters. The molecule has 0 spiro atoms. The Morgan fingerprint density at radius 3 is 2.04 bits per heavy atom. The Morgan fingerprint density at radius 1 is 0.875 bits per heavy atom. The second-order valence-electron chi connectivity index (χ2n) is 8.87. The highest BCUT2D eigenvalue weighted by atomic mass is 15.3. The third kappa shape index (κ3) is 6.99. The van der Waals surface area contributed by atoms with Crippen molar-refractivity contribution in [2.45, 2.75) is 46.1 Å². The third-order valence-electron chi connectivity index (χ3n) is 6.00. The summed E-state index contributed by atoms with van der Waals surface area (Å²) in [6.45, 7) is 18.7. The van der Waals surface area contributed by atoms with Gasteiger partial charge in [0.15, 0.2) is 0 Å². The predicted molar refractivity (Wildman–Crippen MR) is 105 cm³/mol. The molecule has 2 fully saturated rings. The summed E-state index contributed by atoms with van der Waals surface area (Å²) in [5.41, 5.74) is 0. The minimum Gasteiger partial charge on any atom is -0.309 e. The van der Waals surface area contributed by atoms with Crippen LogP contribution in [0.5, 0.6) is 0 Å². The minimum absolute atomic E-state index is 0.713. The highest BCUT2D eigenvalue weighted by Crippen LogP contribution is 2.21. The summed E-state index contributed by atoms with van der Waals surface area (Å²) in [6, 6.07) is 0.713. The van der Waals surface area contributed by atoms with Gasteiger partial charge in [-0.2, -0.15) is 0 Å². The van der Waals surface area contributed by atoms with E-state index in [2.05, 4.69) is 54.5 Å². The molecule has 0 N–H and O–H groups in total. The molecule has 2 rings (SSSR count). The first-order valence-corrected chi connectivity index (χ1v) is 10.3. The second kappa shape index (κ2) is 10.1. The normalized spacial score (nSPS) is 24.1. The fraction of sp³-hybridized carbons (Fsp3) is 1.00. The molecule has 2 aliphatic heterocycles. The van der Waals surface area contributed by atoms with Crippen LogP contribution in [0.25, 0.3) is 0 Å². The Morgan fingerprint density at radius 2 is 1.50 bits per heavy atom. The fourth-order valence-corrected chi connectivity index (χ4v) is 4.19. The van der Waals surface area contributed by atoms with Gasteiger partial charge in [0.2, 0.25) is 0 Å². The van der Waals surface area contributed by atoms with Crippen molar-refractivity contribution in [3.63, 3.8) is 0 Å². The molecule has 0 radical (unpaired) electrons. The van der Waals surface area contributed by atoms with Gasteiger partial charge in [0.1, 0.15) is 0 Å². The Hall–Kier alpha value is -0.160. The molecule has 0 bridgehead atoms. The SMILES string of the molecule is CC(CCN(C)C)CN1CCC(CN2CCN(C(C)C)CC2)CC1. The van der Waals surface area contributed by atoms with Gasteiger partial charge < -0.3 is 14.7 Å². The van der Waals surface area contributed by atoms with E-state index >= 15 is 0 Å². The van der Waals surface area contributed by atoms with Gasteiger partial charge >= 0.3 is 0 Å². The lowest BCUT2D eigenvalue weighted by Crippen LogP contribution is -2.50. The first kappa shape index (κ1) is 20.2. The summed E-state index contributed by atoms with van der Waals surface area (Å²) in [7, 11) is 4.36. The number of piperidine rings is 1. The molecule has 2 saturated heterocycles. The fourth-order valence-electron chi connectivity index (χ4n) is 4.19. The summed E-state index contributed by atoms with van der Waals surface area (Å²) in [5.74, 6) is 1.76. The largest absolute Gasteiger partial charge is 0.309 e. The van der Waals surface area contributed by atoms with Crippen molar-refractivity contribution < 1.29 is 0 Å². The molecule has 2 heterocycles. The summed E-state index contributed by atoms with van der Waals surface area (Å²) >= 11 is 0. The lowest BCUT2D eigenvalue weighted by Gasteiger charge is -2.40. The summed E-state index contributed by atoms with van der Waals surface area (Å²) in [4.78, 5) is 10.4. The first-order valence-electron chi connectivity index (χ1n) is 10.3.